The second kappa shape index (κ2) is 9.18. The summed E-state index contributed by atoms with van der Waals surface area (Å²) in [6.07, 6.45) is 1.87. The molecule has 3 aromatic carbocycles. The van der Waals surface area contributed by atoms with Gasteiger partial charge in [-0.25, -0.2) is 4.79 Å². The highest BCUT2D eigenvalue weighted by Gasteiger charge is 2.24. The molecule has 0 spiro atoms. The van der Waals surface area contributed by atoms with Crippen molar-refractivity contribution in [3.05, 3.63) is 102 Å². The van der Waals surface area contributed by atoms with Gasteiger partial charge in [-0.15, -0.1) is 0 Å². The van der Waals surface area contributed by atoms with Gasteiger partial charge in [-0.1, -0.05) is 48.5 Å². The number of nitrogens with one attached hydrogen (secondary N) is 3. The van der Waals surface area contributed by atoms with E-state index in [0.29, 0.717) is 11.3 Å². The van der Waals surface area contributed by atoms with Crippen molar-refractivity contribution >= 4 is 34.4 Å². The molecule has 2 amide bonds. The molecule has 0 bridgehead atoms. The molecule has 0 unspecified atom stereocenters. The van der Waals surface area contributed by atoms with Crippen LogP contribution < -0.4 is 10.6 Å². The van der Waals surface area contributed by atoms with Crippen LogP contribution >= 0.6 is 0 Å². The number of para-hydroxylation sites is 2. The van der Waals surface area contributed by atoms with E-state index < -0.39 is 17.9 Å². The standard InChI is InChI=1S/C25H21N3O4/c29-23(16-8-2-1-3-9-16)27-21-13-7-5-11-19(21)24(30)28-22(25(31)32)14-17-15-26-20-12-6-4-10-18(17)20/h1-13,15,22,26H,14H2,(H,27,29)(H,28,30)(H,31,32)/t22-/m1/s1. The number of aromatic nitrogens is 1. The number of carboxylic acid groups (broad SMARTS) is 1. The number of fused-ring (bicyclic) bond motifs is 1. The zero-order valence-electron chi connectivity index (χ0n) is 17.0. The molecule has 7 heteroatoms. The molecule has 32 heavy (non-hydrogen) atoms. The molecule has 0 saturated heterocycles. The summed E-state index contributed by atoms with van der Waals surface area (Å²) in [5.74, 6) is -2.09. The van der Waals surface area contributed by atoms with E-state index in [2.05, 4.69) is 15.6 Å². The molecule has 0 aliphatic carbocycles. The number of hydrogen-bond donors (Lipinski definition) is 4. The second-order valence-electron chi connectivity index (χ2n) is 7.29. The van der Waals surface area contributed by atoms with Gasteiger partial charge in [-0.3, -0.25) is 9.59 Å². The molecular formula is C25H21N3O4. The predicted octanol–water partition coefficient (Wildman–Crippen LogP) is 3.85. The van der Waals surface area contributed by atoms with Crippen LogP contribution in [0.2, 0.25) is 0 Å². The Morgan fingerprint density at radius 1 is 0.844 bits per heavy atom. The van der Waals surface area contributed by atoms with Crippen molar-refractivity contribution in [2.24, 2.45) is 0 Å². The van der Waals surface area contributed by atoms with Gasteiger partial charge in [0.25, 0.3) is 11.8 Å². The molecule has 4 N–H and O–H groups in total. The van der Waals surface area contributed by atoms with Gasteiger partial charge in [0, 0.05) is 29.1 Å². The third kappa shape index (κ3) is 4.52. The number of hydrogen-bond acceptors (Lipinski definition) is 3. The minimum Gasteiger partial charge on any atom is -0.480 e. The Labute approximate surface area is 184 Å². The zero-order valence-corrected chi connectivity index (χ0v) is 17.0. The molecule has 7 nitrogen and oxygen atoms in total. The molecule has 1 heterocycles. The number of H-pyrrole nitrogens is 1. The van der Waals surface area contributed by atoms with Gasteiger partial charge in [0.2, 0.25) is 0 Å². The number of anilines is 1. The Balaban J connectivity index is 1.53. The third-order valence-corrected chi connectivity index (χ3v) is 5.16. The van der Waals surface area contributed by atoms with E-state index >= 15 is 0 Å². The highest BCUT2D eigenvalue weighted by molar-refractivity contribution is 6.09. The SMILES string of the molecule is O=C(Nc1ccccc1C(=O)N[C@H](Cc1c[nH]c2ccccc12)C(=O)O)c1ccccc1. The molecule has 0 radical (unpaired) electrons. The lowest BCUT2D eigenvalue weighted by Crippen LogP contribution is -2.42. The van der Waals surface area contributed by atoms with Crippen molar-refractivity contribution in [2.75, 3.05) is 5.32 Å². The first-order valence-corrected chi connectivity index (χ1v) is 10.1. The number of aromatic amines is 1. The van der Waals surface area contributed by atoms with Crippen LogP contribution in [0.1, 0.15) is 26.3 Å². The van der Waals surface area contributed by atoms with Gasteiger partial charge >= 0.3 is 5.97 Å². The molecule has 4 aromatic rings. The maximum atomic E-state index is 13.0. The molecule has 0 fully saturated rings. The number of carbonyl (C=O) groups excluding carboxylic acids is 2. The van der Waals surface area contributed by atoms with Gasteiger partial charge in [-0.2, -0.15) is 0 Å². The fraction of sp³-hybridized carbons (Fsp3) is 0.0800. The van der Waals surface area contributed by atoms with Gasteiger partial charge in [-0.05, 0) is 35.9 Å². The average Bonchev–Trinajstić information content (AvgIpc) is 3.22. The van der Waals surface area contributed by atoms with E-state index in [4.69, 9.17) is 0 Å². The number of carbonyl (C=O) groups is 3. The Bertz CT molecular complexity index is 1280. The van der Waals surface area contributed by atoms with Crippen molar-refractivity contribution in [1.29, 1.82) is 0 Å². The van der Waals surface area contributed by atoms with Crippen molar-refractivity contribution in [2.45, 2.75) is 12.5 Å². The summed E-state index contributed by atoms with van der Waals surface area (Å²) in [7, 11) is 0. The first-order chi connectivity index (χ1) is 15.5. The van der Waals surface area contributed by atoms with Crippen LogP contribution in [0.25, 0.3) is 10.9 Å². The molecule has 4 rings (SSSR count). The largest absolute Gasteiger partial charge is 0.480 e. The Morgan fingerprint density at radius 3 is 2.31 bits per heavy atom. The number of benzene rings is 3. The average molecular weight is 427 g/mol. The fourth-order valence-electron chi connectivity index (χ4n) is 3.53. The maximum Gasteiger partial charge on any atom is 0.326 e. The van der Waals surface area contributed by atoms with Crippen LogP contribution in [0.15, 0.2) is 85.1 Å². The lowest BCUT2D eigenvalue weighted by molar-refractivity contribution is -0.139. The van der Waals surface area contributed by atoms with Crippen LogP contribution in [0.4, 0.5) is 5.69 Å². The van der Waals surface area contributed by atoms with Crippen LogP contribution in [-0.2, 0) is 11.2 Å². The van der Waals surface area contributed by atoms with Gasteiger partial charge < -0.3 is 20.7 Å². The summed E-state index contributed by atoms with van der Waals surface area (Å²) in [6.45, 7) is 0. The Morgan fingerprint density at radius 2 is 1.53 bits per heavy atom. The lowest BCUT2D eigenvalue weighted by Gasteiger charge is -2.16. The van der Waals surface area contributed by atoms with Crippen LogP contribution in [-0.4, -0.2) is 33.9 Å². The second-order valence-corrected chi connectivity index (χ2v) is 7.29. The van der Waals surface area contributed by atoms with E-state index in [1.54, 1.807) is 60.8 Å². The number of carboxylic acids is 1. The Kier molecular flexibility index (Phi) is 5.98. The zero-order chi connectivity index (χ0) is 22.5. The summed E-state index contributed by atoms with van der Waals surface area (Å²) in [4.78, 5) is 40.5. The normalized spacial score (nSPS) is 11.6. The summed E-state index contributed by atoms with van der Waals surface area (Å²) in [5.41, 5.74) is 2.62. The maximum absolute atomic E-state index is 13.0. The Hall–Kier alpha value is -4.39. The summed E-state index contributed by atoms with van der Waals surface area (Å²) < 4.78 is 0. The summed E-state index contributed by atoms with van der Waals surface area (Å²) >= 11 is 0. The highest BCUT2D eigenvalue weighted by Crippen LogP contribution is 2.20. The summed E-state index contributed by atoms with van der Waals surface area (Å²) in [5, 5.41) is 15.9. The summed E-state index contributed by atoms with van der Waals surface area (Å²) in [6, 6.07) is 21.5. The number of rotatable bonds is 7. The van der Waals surface area contributed by atoms with E-state index in [1.165, 1.54) is 0 Å². The molecule has 0 aliphatic heterocycles. The molecule has 0 aliphatic rings. The first-order valence-electron chi connectivity index (χ1n) is 10.1. The van der Waals surface area contributed by atoms with Gasteiger partial charge in [0.05, 0.1) is 11.3 Å². The van der Waals surface area contributed by atoms with Gasteiger partial charge in [0.1, 0.15) is 6.04 Å². The van der Waals surface area contributed by atoms with E-state index in [-0.39, 0.29) is 17.9 Å². The van der Waals surface area contributed by atoms with E-state index in [1.807, 2.05) is 24.3 Å². The first kappa shape index (κ1) is 20.9. The molecule has 0 saturated carbocycles. The fourth-order valence-corrected chi connectivity index (χ4v) is 3.53. The van der Waals surface area contributed by atoms with Crippen molar-refractivity contribution in [3.8, 4) is 0 Å². The number of aliphatic carboxylic acids is 1. The highest BCUT2D eigenvalue weighted by atomic mass is 16.4. The van der Waals surface area contributed by atoms with Crippen LogP contribution in [0.3, 0.4) is 0 Å². The lowest BCUT2D eigenvalue weighted by atomic mass is 10.0. The molecule has 1 atom stereocenters. The molecular weight excluding hydrogens is 406 g/mol. The molecule has 160 valence electrons. The smallest absolute Gasteiger partial charge is 0.326 e. The third-order valence-electron chi connectivity index (χ3n) is 5.16. The van der Waals surface area contributed by atoms with Crippen molar-refractivity contribution in [3.63, 3.8) is 0 Å². The molecule has 1 aromatic heterocycles. The van der Waals surface area contributed by atoms with Crippen molar-refractivity contribution < 1.29 is 19.5 Å². The van der Waals surface area contributed by atoms with Crippen molar-refractivity contribution in [1.82, 2.24) is 10.3 Å². The quantitative estimate of drug-likeness (QED) is 0.359. The number of amides is 2. The minimum atomic E-state index is -1.14. The van der Waals surface area contributed by atoms with Crippen LogP contribution in [0, 0.1) is 0 Å². The topological polar surface area (TPSA) is 111 Å². The minimum absolute atomic E-state index is 0.115. The van der Waals surface area contributed by atoms with E-state index in [9.17, 15) is 19.5 Å². The predicted molar refractivity (Wildman–Crippen MR) is 122 cm³/mol. The van der Waals surface area contributed by atoms with Gasteiger partial charge in [0.15, 0.2) is 0 Å². The monoisotopic (exact) mass is 427 g/mol. The van der Waals surface area contributed by atoms with Crippen LogP contribution in [0.5, 0.6) is 0 Å². The van der Waals surface area contributed by atoms with E-state index in [0.717, 1.165) is 16.5 Å².